The average molecular weight is 628 g/mol. The minimum Gasteiger partial charge on any atom is -0.393 e. The standard InChI is InChI=1S/C33H40Cl2N4O4/c1-31(2)10-12-32(13-11-31)33(24-9-4-20(34)17-25(24)38-30(33)43)26(18-14-19(28(41)36-3)16-21(35)15-18)27(39-32)29(42)37-22-5-7-23(40)8-6-22/h4,9,14-17,22-23,26-27,39-40H,5-8,10-13H2,1-3H3,(H,36,41)(H,37,42)(H,38,43)/t22?,23?,26-,27+,33+/m0/s1. The van der Waals surface area contributed by atoms with Crippen LogP contribution in [0.2, 0.25) is 10.0 Å². The van der Waals surface area contributed by atoms with Gasteiger partial charge < -0.3 is 21.1 Å². The van der Waals surface area contributed by atoms with Crippen LogP contribution < -0.4 is 21.3 Å². The molecule has 4 aliphatic rings. The number of rotatable bonds is 4. The number of benzene rings is 2. The number of nitrogens with one attached hydrogen (secondary N) is 4. The molecule has 8 nitrogen and oxygen atoms in total. The van der Waals surface area contributed by atoms with E-state index in [-0.39, 0.29) is 35.3 Å². The van der Waals surface area contributed by atoms with Gasteiger partial charge in [0, 0.05) is 45.8 Å². The Balaban J connectivity index is 1.55. The van der Waals surface area contributed by atoms with Crippen LogP contribution in [0.5, 0.6) is 0 Å². The van der Waals surface area contributed by atoms with Crippen molar-refractivity contribution in [3.63, 3.8) is 0 Å². The number of anilines is 1. The first-order valence-electron chi connectivity index (χ1n) is 15.3. The number of aliphatic hydroxyl groups is 1. The van der Waals surface area contributed by atoms with Gasteiger partial charge in [-0.25, -0.2) is 0 Å². The number of halogens is 2. The molecule has 43 heavy (non-hydrogen) atoms. The monoisotopic (exact) mass is 626 g/mol. The highest BCUT2D eigenvalue weighted by Crippen LogP contribution is 2.63. The quantitative estimate of drug-likeness (QED) is 0.325. The second kappa shape index (κ2) is 11.1. The maximum atomic E-state index is 14.7. The Morgan fingerprint density at radius 2 is 1.65 bits per heavy atom. The van der Waals surface area contributed by atoms with Gasteiger partial charge in [0.05, 0.1) is 12.1 Å². The van der Waals surface area contributed by atoms with Gasteiger partial charge in [0.25, 0.3) is 5.91 Å². The highest BCUT2D eigenvalue weighted by Gasteiger charge is 2.72. The van der Waals surface area contributed by atoms with Gasteiger partial charge in [-0.3, -0.25) is 19.7 Å². The van der Waals surface area contributed by atoms with E-state index < -0.39 is 22.9 Å². The van der Waals surface area contributed by atoms with Crippen LogP contribution in [0, 0.1) is 5.41 Å². The summed E-state index contributed by atoms with van der Waals surface area (Å²) in [6.45, 7) is 4.49. The Morgan fingerprint density at radius 3 is 2.33 bits per heavy atom. The van der Waals surface area contributed by atoms with E-state index in [0.29, 0.717) is 65.4 Å². The molecule has 3 atom stereocenters. The Hall–Kier alpha value is -2.65. The summed E-state index contributed by atoms with van der Waals surface area (Å²) in [4.78, 5) is 41.9. The molecule has 5 N–H and O–H groups in total. The van der Waals surface area contributed by atoms with Crippen molar-refractivity contribution in [1.29, 1.82) is 0 Å². The number of carbonyl (C=O) groups excluding carboxylic acids is 3. The smallest absolute Gasteiger partial charge is 0.251 e. The van der Waals surface area contributed by atoms with Gasteiger partial charge in [-0.05, 0) is 98.2 Å². The van der Waals surface area contributed by atoms with Crippen molar-refractivity contribution in [2.75, 3.05) is 12.4 Å². The van der Waals surface area contributed by atoms with Gasteiger partial charge in [-0.15, -0.1) is 0 Å². The fourth-order valence-corrected chi connectivity index (χ4v) is 8.68. The van der Waals surface area contributed by atoms with Crippen LogP contribution in [0.1, 0.15) is 92.6 Å². The molecule has 2 aliphatic carbocycles. The minimum absolute atomic E-state index is 0.0690. The Bertz CT molecular complexity index is 1460. The maximum absolute atomic E-state index is 14.7. The van der Waals surface area contributed by atoms with Crippen molar-refractivity contribution in [2.45, 2.75) is 100 Å². The summed E-state index contributed by atoms with van der Waals surface area (Å²) in [5, 5.41) is 23.8. The predicted molar refractivity (Wildman–Crippen MR) is 168 cm³/mol. The lowest BCUT2D eigenvalue weighted by molar-refractivity contribution is -0.125. The fourth-order valence-electron chi connectivity index (χ4n) is 8.26. The molecule has 2 aliphatic heterocycles. The Kier molecular flexibility index (Phi) is 7.81. The largest absolute Gasteiger partial charge is 0.393 e. The van der Waals surface area contributed by atoms with E-state index in [2.05, 4.69) is 35.1 Å². The van der Waals surface area contributed by atoms with E-state index in [1.165, 1.54) is 0 Å². The summed E-state index contributed by atoms with van der Waals surface area (Å²) in [5.74, 6) is -1.35. The predicted octanol–water partition coefficient (Wildman–Crippen LogP) is 5.06. The van der Waals surface area contributed by atoms with Crippen LogP contribution in [0.25, 0.3) is 0 Å². The fraction of sp³-hybridized carbons (Fsp3) is 0.545. The van der Waals surface area contributed by atoms with E-state index in [9.17, 15) is 19.5 Å². The first-order chi connectivity index (χ1) is 20.4. The zero-order valence-electron chi connectivity index (χ0n) is 24.9. The molecule has 10 heteroatoms. The SMILES string of the molecule is CNC(=O)c1cc(Cl)cc([C@H]2[C@H](C(=O)NC3CCC(O)CC3)NC3(CCC(C)(C)CC3)[C@@]23C(=O)Nc2cc(Cl)ccc23)c1. The minimum atomic E-state index is -1.17. The molecule has 0 radical (unpaired) electrons. The Labute approximate surface area is 262 Å². The summed E-state index contributed by atoms with van der Waals surface area (Å²) in [6.07, 6.45) is 5.43. The molecule has 2 saturated carbocycles. The van der Waals surface area contributed by atoms with Crippen LogP contribution in [-0.4, -0.2) is 53.6 Å². The van der Waals surface area contributed by atoms with Crippen molar-refractivity contribution in [3.8, 4) is 0 Å². The van der Waals surface area contributed by atoms with Crippen LogP contribution in [0.4, 0.5) is 5.69 Å². The Morgan fingerprint density at radius 1 is 0.953 bits per heavy atom. The van der Waals surface area contributed by atoms with Gasteiger partial charge in [0.2, 0.25) is 11.8 Å². The molecule has 230 valence electrons. The third-order valence-corrected chi connectivity index (χ3v) is 11.0. The molecule has 2 aromatic carbocycles. The molecule has 2 spiro atoms. The van der Waals surface area contributed by atoms with Gasteiger partial charge in [0.1, 0.15) is 5.41 Å². The number of amides is 3. The van der Waals surface area contributed by atoms with Crippen molar-refractivity contribution < 1.29 is 19.5 Å². The third-order valence-electron chi connectivity index (χ3n) is 10.6. The summed E-state index contributed by atoms with van der Waals surface area (Å²) in [5.41, 5.74) is 0.641. The average Bonchev–Trinajstić information content (AvgIpc) is 3.43. The number of hydrogen-bond acceptors (Lipinski definition) is 5. The molecular weight excluding hydrogens is 587 g/mol. The summed E-state index contributed by atoms with van der Waals surface area (Å²) in [6, 6.07) is 9.79. The van der Waals surface area contributed by atoms with Gasteiger partial charge in [0.15, 0.2) is 0 Å². The van der Waals surface area contributed by atoms with Crippen molar-refractivity contribution >= 4 is 46.6 Å². The lowest BCUT2D eigenvalue weighted by Crippen LogP contribution is -2.61. The molecule has 0 aromatic heterocycles. The number of hydrogen-bond donors (Lipinski definition) is 5. The van der Waals surface area contributed by atoms with E-state index in [1.807, 2.05) is 6.07 Å². The highest BCUT2D eigenvalue weighted by atomic mass is 35.5. The van der Waals surface area contributed by atoms with E-state index in [4.69, 9.17) is 23.2 Å². The zero-order valence-corrected chi connectivity index (χ0v) is 26.4. The van der Waals surface area contributed by atoms with E-state index in [0.717, 1.165) is 18.4 Å². The third kappa shape index (κ3) is 5.04. The van der Waals surface area contributed by atoms with Crippen molar-refractivity contribution in [1.82, 2.24) is 16.0 Å². The van der Waals surface area contributed by atoms with Gasteiger partial charge in [-0.2, -0.15) is 0 Å². The lowest BCUT2D eigenvalue weighted by atomic mass is 9.53. The zero-order chi connectivity index (χ0) is 30.7. The number of aliphatic hydroxyl groups excluding tert-OH is 1. The normalized spacial score (nSPS) is 30.6. The molecular formula is C33H40Cl2N4O4. The molecule has 0 unspecified atom stereocenters. The maximum Gasteiger partial charge on any atom is 0.251 e. The van der Waals surface area contributed by atoms with Gasteiger partial charge in [-0.1, -0.05) is 43.1 Å². The van der Waals surface area contributed by atoms with Crippen LogP contribution in [0.3, 0.4) is 0 Å². The summed E-state index contributed by atoms with van der Waals surface area (Å²) in [7, 11) is 1.56. The summed E-state index contributed by atoms with van der Waals surface area (Å²) >= 11 is 13.1. The second-order valence-electron chi connectivity index (χ2n) is 13.7. The first-order valence-corrected chi connectivity index (χ1v) is 16.0. The van der Waals surface area contributed by atoms with Crippen LogP contribution in [0.15, 0.2) is 36.4 Å². The number of carbonyl (C=O) groups is 3. The molecule has 1 saturated heterocycles. The van der Waals surface area contributed by atoms with Crippen molar-refractivity contribution in [2.24, 2.45) is 5.41 Å². The molecule has 3 fully saturated rings. The molecule has 2 heterocycles. The van der Waals surface area contributed by atoms with Crippen molar-refractivity contribution in [3.05, 3.63) is 63.1 Å². The van der Waals surface area contributed by atoms with E-state index in [1.54, 1.807) is 37.4 Å². The second-order valence-corrected chi connectivity index (χ2v) is 14.5. The number of fused-ring (bicyclic) bond motifs is 3. The topological polar surface area (TPSA) is 120 Å². The van der Waals surface area contributed by atoms with Crippen LogP contribution >= 0.6 is 23.2 Å². The molecule has 0 bridgehead atoms. The molecule has 2 aromatic rings. The molecule has 6 rings (SSSR count). The first kappa shape index (κ1) is 30.4. The summed E-state index contributed by atoms with van der Waals surface area (Å²) < 4.78 is 0. The molecule has 3 amide bonds. The lowest BCUT2D eigenvalue weighted by Gasteiger charge is -2.50. The van der Waals surface area contributed by atoms with E-state index >= 15 is 0 Å². The van der Waals surface area contributed by atoms with Crippen LogP contribution in [-0.2, 0) is 15.0 Å². The highest BCUT2D eigenvalue weighted by molar-refractivity contribution is 6.31. The van der Waals surface area contributed by atoms with Gasteiger partial charge >= 0.3 is 0 Å².